The number of carbonyl (C=O) groups is 1. The molecule has 3 rings (SSSR count). The van der Waals surface area contributed by atoms with Gasteiger partial charge in [-0.05, 0) is 50.1 Å². The molecule has 1 atom stereocenters. The van der Waals surface area contributed by atoms with E-state index in [4.69, 9.17) is 9.47 Å². The Labute approximate surface area is 174 Å². The summed E-state index contributed by atoms with van der Waals surface area (Å²) < 4.78 is 37.6. The standard InChI is InChI=1S/C20H22N2O7S/c1-14-6-3-4-11-21(14)30(26,27)17-8-5-7-15(12-17)20(23)29-19-10-9-16(28-2)13-18(19)22(24)25/h5,7-10,12-14H,3-4,6,11H2,1-2H3. The molecule has 2 aromatic carbocycles. The third-order valence-electron chi connectivity index (χ3n) is 4.98. The van der Waals surface area contributed by atoms with Crippen molar-refractivity contribution in [1.82, 2.24) is 4.31 Å². The van der Waals surface area contributed by atoms with Crippen molar-refractivity contribution in [2.24, 2.45) is 0 Å². The summed E-state index contributed by atoms with van der Waals surface area (Å²) in [6, 6.07) is 9.19. The second-order valence-corrected chi connectivity index (χ2v) is 8.86. The van der Waals surface area contributed by atoms with Crippen LogP contribution in [-0.4, -0.2) is 43.3 Å². The van der Waals surface area contributed by atoms with E-state index in [0.717, 1.165) is 25.3 Å². The van der Waals surface area contributed by atoms with Crippen LogP contribution in [0.2, 0.25) is 0 Å². The molecule has 1 saturated heterocycles. The zero-order chi connectivity index (χ0) is 21.9. The first-order valence-electron chi connectivity index (χ1n) is 9.40. The number of nitro groups is 1. The molecular formula is C20H22N2O7S. The number of hydrogen-bond acceptors (Lipinski definition) is 7. The quantitative estimate of drug-likeness (QED) is 0.296. The normalized spacial score (nSPS) is 17.3. The number of hydrogen-bond donors (Lipinski definition) is 0. The van der Waals surface area contributed by atoms with Gasteiger partial charge in [-0.2, -0.15) is 4.31 Å². The minimum atomic E-state index is -3.77. The van der Waals surface area contributed by atoms with Gasteiger partial charge in [0.2, 0.25) is 15.8 Å². The molecule has 1 aliphatic heterocycles. The van der Waals surface area contributed by atoms with Crippen molar-refractivity contribution in [2.45, 2.75) is 37.1 Å². The lowest BCUT2D eigenvalue weighted by Crippen LogP contribution is -2.41. The second kappa shape index (κ2) is 8.80. The molecule has 1 heterocycles. The highest BCUT2D eigenvalue weighted by Gasteiger charge is 2.31. The number of nitro benzene ring substituents is 1. The number of methoxy groups -OCH3 is 1. The SMILES string of the molecule is COc1ccc(OC(=O)c2cccc(S(=O)(=O)N3CCCCC3C)c2)c([N+](=O)[O-])c1. The summed E-state index contributed by atoms with van der Waals surface area (Å²) in [4.78, 5) is 23.1. The fourth-order valence-corrected chi connectivity index (χ4v) is 5.11. The van der Waals surface area contributed by atoms with Crippen LogP contribution in [0.4, 0.5) is 5.69 Å². The summed E-state index contributed by atoms with van der Waals surface area (Å²) in [5.41, 5.74) is -0.459. The maximum Gasteiger partial charge on any atom is 0.343 e. The van der Waals surface area contributed by atoms with Crippen molar-refractivity contribution in [3.05, 3.63) is 58.1 Å². The average molecular weight is 434 g/mol. The molecule has 0 spiro atoms. The molecule has 0 radical (unpaired) electrons. The van der Waals surface area contributed by atoms with E-state index in [9.17, 15) is 23.3 Å². The number of nitrogens with zero attached hydrogens (tertiary/aromatic N) is 2. The van der Waals surface area contributed by atoms with Gasteiger partial charge in [-0.25, -0.2) is 13.2 Å². The lowest BCUT2D eigenvalue weighted by Gasteiger charge is -2.32. The molecular weight excluding hydrogens is 412 g/mol. The van der Waals surface area contributed by atoms with Gasteiger partial charge in [-0.3, -0.25) is 10.1 Å². The van der Waals surface area contributed by atoms with Crippen LogP contribution in [0.15, 0.2) is 47.4 Å². The molecule has 0 saturated carbocycles. The number of benzene rings is 2. The zero-order valence-corrected chi connectivity index (χ0v) is 17.4. The molecule has 10 heteroatoms. The van der Waals surface area contributed by atoms with E-state index in [2.05, 4.69) is 0 Å². The van der Waals surface area contributed by atoms with Crippen LogP contribution in [0.3, 0.4) is 0 Å². The van der Waals surface area contributed by atoms with Crippen LogP contribution in [-0.2, 0) is 10.0 Å². The van der Waals surface area contributed by atoms with Crippen molar-refractivity contribution in [1.29, 1.82) is 0 Å². The Hall–Kier alpha value is -2.98. The Kier molecular flexibility index (Phi) is 6.37. The van der Waals surface area contributed by atoms with E-state index in [1.54, 1.807) is 0 Å². The summed E-state index contributed by atoms with van der Waals surface area (Å²) >= 11 is 0. The largest absolute Gasteiger partial charge is 0.496 e. The summed E-state index contributed by atoms with van der Waals surface area (Å²) in [6.07, 6.45) is 2.54. The Morgan fingerprint density at radius 1 is 1.20 bits per heavy atom. The summed E-state index contributed by atoms with van der Waals surface area (Å²) in [5.74, 6) is -0.916. The van der Waals surface area contributed by atoms with E-state index >= 15 is 0 Å². The summed E-state index contributed by atoms with van der Waals surface area (Å²) in [5, 5.41) is 11.3. The molecule has 0 aromatic heterocycles. The van der Waals surface area contributed by atoms with Crippen LogP contribution in [0.25, 0.3) is 0 Å². The first-order chi connectivity index (χ1) is 14.2. The second-order valence-electron chi connectivity index (χ2n) is 6.97. The summed E-state index contributed by atoms with van der Waals surface area (Å²) in [6.45, 7) is 2.29. The number of rotatable bonds is 6. The molecule has 0 bridgehead atoms. The zero-order valence-electron chi connectivity index (χ0n) is 16.6. The van der Waals surface area contributed by atoms with Crippen molar-refractivity contribution in [3.8, 4) is 11.5 Å². The van der Waals surface area contributed by atoms with E-state index < -0.39 is 26.6 Å². The highest BCUT2D eigenvalue weighted by molar-refractivity contribution is 7.89. The number of sulfonamides is 1. The fourth-order valence-electron chi connectivity index (χ4n) is 3.36. The van der Waals surface area contributed by atoms with Gasteiger partial charge in [0.25, 0.3) is 0 Å². The number of esters is 1. The van der Waals surface area contributed by atoms with Gasteiger partial charge in [-0.15, -0.1) is 0 Å². The number of ether oxygens (including phenoxy) is 2. The molecule has 1 unspecified atom stereocenters. The number of carbonyl (C=O) groups excluding carboxylic acids is 1. The van der Waals surface area contributed by atoms with Crippen molar-refractivity contribution >= 4 is 21.7 Å². The molecule has 9 nitrogen and oxygen atoms in total. The van der Waals surface area contributed by atoms with Gasteiger partial charge >= 0.3 is 11.7 Å². The predicted octanol–water partition coefficient (Wildman–Crippen LogP) is 3.39. The molecule has 160 valence electrons. The fraction of sp³-hybridized carbons (Fsp3) is 0.350. The topological polar surface area (TPSA) is 116 Å². The third-order valence-corrected chi connectivity index (χ3v) is 6.99. The van der Waals surface area contributed by atoms with E-state index in [-0.39, 0.29) is 28.0 Å². The van der Waals surface area contributed by atoms with Crippen molar-refractivity contribution < 1.29 is 27.6 Å². The molecule has 0 aliphatic carbocycles. The van der Waals surface area contributed by atoms with E-state index in [1.807, 2.05) is 6.92 Å². The van der Waals surface area contributed by atoms with Gasteiger partial charge in [0.15, 0.2) is 0 Å². The average Bonchev–Trinajstić information content (AvgIpc) is 2.74. The van der Waals surface area contributed by atoms with Gasteiger partial charge in [-0.1, -0.05) is 12.5 Å². The highest BCUT2D eigenvalue weighted by Crippen LogP contribution is 2.32. The molecule has 2 aromatic rings. The van der Waals surface area contributed by atoms with Gasteiger partial charge < -0.3 is 9.47 Å². The minimum Gasteiger partial charge on any atom is -0.496 e. The lowest BCUT2D eigenvalue weighted by atomic mass is 10.1. The Balaban J connectivity index is 1.88. The van der Waals surface area contributed by atoms with Crippen molar-refractivity contribution in [3.63, 3.8) is 0 Å². The summed E-state index contributed by atoms with van der Waals surface area (Å²) in [7, 11) is -2.41. The van der Waals surface area contributed by atoms with Crippen LogP contribution in [0.5, 0.6) is 11.5 Å². The van der Waals surface area contributed by atoms with Crippen LogP contribution in [0.1, 0.15) is 36.5 Å². The van der Waals surface area contributed by atoms with Crippen LogP contribution >= 0.6 is 0 Å². The van der Waals surface area contributed by atoms with Crippen LogP contribution < -0.4 is 9.47 Å². The monoisotopic (exact) mass is 434 g/mol. The lowest BCUT2D eigenvalue weighted by molar-refractivity contribution is -0.385. The molecule has 1 fully saturated rings. The van der Waals surface area contributed by atoms with Gasteiger partial charge in [0, 0.05) is 12.6 Å². The first-order valence-corrected chi connectivity index (χ1v) is 10.8. The Morgan fingerprint density at radius 3 is 2.63 bits per heavy atom. The minimum absolute atomic E-state index is 0.0186. The maximum absolute atomic E-state index is 13.0. The Morgan fingerprint density at radius 2 is 1.97 bits per heavy atom. The first kappa shape index (κ1) is 21.7. The molecule has 1 aliphatic rings. The number of piperidine rings is 1. The molecule has 0 amide bonds. The smallest absolute Gasteiger partial charge is 0.343 e. The third kappa shape index (κ3) is 4.44. The molecule has 30 heavy (non-hydrogen) atoms. The van der Waals surface area contributed by atoms with Gasteiger partial charge in [0.1, 0.15) is 5.75 Å². The maximum atomic E-state index is 13.0. The van der Waals surface area contributed by atoms with Gasteiger partial charge in [0.05, 0.1) is 28.6 Å². The Bertz CT molecular complexity index is 1070. The van der Waals surface area contributed by atoms with E-state index in [1.165, 1.54) is 47.8 Å². The predicted molar refractivity (Wildman–Crippen MR) is 108 cm³/mol. The van der Waals surface area contributed by atoms with Crippen molar-refractivity contribution in [2.75, 3.05) is 13.7 Å². The van der Waals surface area contributed by atoms with Crippen LogP contribution in [0, 0.1) is 10.1 Å². The molecule has 0 N–H and O–H groups in total. The highest BCUT2D eigenvalue weighted by atomic mass is 32.2. The van der Waals surface area contributed by atoms with E-state index in [0.29, 0.717) is 6.54 Å².